The molecule has 2 aromatic heterocycles. The first kappa shape index (κ1) is 19.0. The molecule has 3 aliphatic heterocycles. The van der Waals surface area contributed by atoms with Gasteiger partial charge in [-0.15, -0.1) is 0 Å². The summed E-state index contributed by atoms with van der Waals surface area (Å²) in [6.07, 6.45) is 7.30. The van der Waals surface area contributed by atoms with Gasteiger partial charge in [0, 0.05) is 29.9 Å². The molecule has 5 heterocycles. The lowest BCUT2D eigenvalue weighted by Gasteiger charge is -2.30. The monoisotopic (exact) mass is 441 g/mol. The Hall–Kier alpha value is -2.71. The van der Waals surface area contributed by atoms with E-state index in [1.54, 1.807) is 21.8 Å². The number of nitrogens with zero attached hydrogens (tertiary/aromatic N) is 4. The van der Waals surface area contributed by atoms with E-state index in [0.29, 0.717) is 47.2 Å². The van der Waals surface area contributed by atoms with Gasteiger partial charge in [0.25, 0.3) is 5.91 Å². The molecule has 6 rings (SSSR count). The number of hydrogen-bond acceptors (Lipinski definition) is 5. The third-order valence-corrected chi connectivity index (χ3v) is 6.69. The molecule has 1 aromatic carbocycles. The summed E-state index contributed by atoms with van der Waals surface area (Å²) in [5.74, 6) is -0.288. The maximum absolute atomic E-state index is 14.0. The largest absolute Gasteiger partial charge is 0.489 e. The van der Waals surface area contributed by atoms with Crippen LogP contribution in [0.3, 0.4) is 0 Å². The Balaban J connectivity index is 1.25. The highest BCUT2D eigenvalue weighted by atomic mass is 35.5. The number of aromatic nitrogens is 3. The number of carbonyl (C=O) groups is 1. The Labute approximate surface area is 183 Å². The molecule has 9 heteroatoms. The molecule has 1 unspecified atom stereocenters. The van der Waals surface area contributed by atoms with Gasteiger partial charge in [-0.2, -0.15) is 5.10 Å². The van der Waals surface area contributed by atoms with Gasteiger partial charge >= 0.3 is 0 Å². The second-order valence-electron chi connectivity index (χ2n) is 8.62. The molecule has 3 aliphatic rings. The molecule has 0 aliphatic carbocycles. The normalized spacial score (nSPS) is 24.6. The highest BCUT2D eigenvalue weighted by Crippen LogP contribution is 2.33. The molecule has 2 fully saturated rings. The summed E-state index contributed by atoms with van der Waals surface area (Å²) in [5.41, 5.74) is 2.77. The standard InChI is InChI=1S/C22H21ClFN5O2/c23-12-8-25-21-18-10-28(11-19(18)27-29(21)9-12)22(30)17-4-1-13(24)5-20(17)31-16-6-14-2-3-15(7-16)26-14/h1,4-5,8-9,14-16,26H,2-3,6-7,10-11H2/t14-,15+,16?. The fraction of sp³-hybridized carbons (Fsp3) is 0.409. The van der Waals surface area contributed by atoms with Crippen molar-refractivity contribution in [2.24, 2.45) is 0 Å². The molecule has 2 saturated heterocycles. The maximum atomic E-state index is 14.0. The van der Waals surface area contributed by atoms with E-state index >= 15 is 0 Å². The average molecular weight is 442 g/mol. The van der Waals surface area contributed by atoms with Crippen LogP contribution in [0.4, 0.5) is 4.39 Å². The predicted octanol–water partition coefficient (Wildman–Crippen LogP) is 3.34. The van der Waals surface area contributed by atoms with Gasteiger partial charge in [0.05, 0.1) is 35.6 Å². The SMILES string of the molecule is O=C(c1ccc(F)cc1OC1C[C@H]2CC[C@@H](C1)N2)N1Cc2nn3cc(Cl)cnc3c2C1. The summed E-state index contributed by atoms with van der Waals surface area (Å²) in [5, 5.41) is 8.59. The quantitative estimate of drug-likeness (QED) is 0.675. The molecule has 3 atom stereocenters. The topological polar surface area (TPSA) is 71.8 Å². The summed E-state index contributed by atoms with van der Waals surface area (Å²) in [6, 6.07) is 5.05. The summed E-state index contributed by atoms with van der Waals surface area (Å²) >= 11 is 6.00. The Morgan fingerprint density at radius 2 is 2.03 bits per heavy atom. The van der Waals surface area contributed by atoms with E-state index < -0.39 is 5.82 Å². The molecular weight excluding hydrogens is 421 g/mol. The molecule has 1 N–H and O–H groups in total. The number of rotatable bonds is 3. The molecule has 2 bridgehead atoms. The molecular formula is C22H21ClFN5O2. The minimum absolute atomic E-state index is 0.0129. The van der Waals surface area contributed by atoms with Crippen LogP contribution >= 0.6 is 11.6 Å². The average Bonchev–Trinajstić information content (AvgIpc) is 3.39. The highest BCUT2D eigenvalue weighted by molar-refractivity contribution is 6.30. The van der Waals surface area contributed by atoms with Crippen molar-refractivity contribution < 1.29 is 13.9 Å². The Morgan fingerprint density at radius 1 is 1.23 bits per heavy atom. The fourth-order valence-corrected chi connectivity index (χ4v) is 5.23. The van der Waals surface area contributed by atoms with E-state index in [2.05, 4.69) is 15.4 Å². The van der Waals surface area contributed by atoms with E-state index in [9.17, 15) is 9.18 Å². The molecule has 160 valence electrons. The number of nitrogens with one attached hydrogen (secondary N) is 1. The summed E-state index contributed by atoms with van der Waals surface area (Å²) in [7, 11) is 0. The minimum Gasteiger partial charge on any atom is -0.489 e. The molecule has 1 amide bonds. The van der Waals surface area contributed by atoms with Crippen LogP contribution in [0.2, 0.25) is 5.02 Å². The number of benzene rings is 1. The minimum atomic E-state index is -0.410. The second-order valence-corrected chi connectivity index (χ2v) is 9.05. The van der Waals surface area contributed by atoms with Crippen LogP contribution in [0.1, 0.15) is 47.3 Å². The predicted molar refractivity (Wildman–Crippen MR) is 112 cm³/mol. The third-order valence-electron chi connectivity index (χ3n) is 6.49. The van der Waals surface area contributed by atoms with Crippen LogP contribution in [-0.4, -0.2) is 43.6 Å². The van der Waals surface area contributed by atoms with Crippen LogP contribution in [0.25, 0.3) is 5.65 Å². The molecule has 0 spiro atoms. The van der Waals surface area contributed by atoms with Crippen molar-refractivity contribution in [2.45, 2.75) is 57.0 Å². The number of hydrogen-bond donors (Lipinski definition) is 1. The van der Waals surface area contributed by atoms with Gasteiger partial charge in [-0.25, -0.2) is 13.9 Å². The molecule has 0 radical (unpaired) electrons. The van der Waals surface area contributed by atoms with Crippen molar-refractivity contribution in [2.75, 3.05) is 0 Å². The Bertz CT molecular complexity index is 1190. The van der Waals surface area contributed by atoms with Crippen molar-refractivity contribution in [3.05, 3.63) is 58.3 Å². The van der Waals surface area contributed by atoms with E-state index in [-0.39, 0.29) is 12.0 Å². The van der Waals surface area contributed by atoms with E-state index in [1.807, 2.05) is 0 Å². The smallest absolute Gasteiger partial charge is 0.258 e. The lowest BCUT2D eigenvalue weighted by atomic mass is 10.0. The Morgan fingerprint density at radius 3 is 2.84 bits per heavy atom. The van der Waals surface area contributed by atoms with Gasteiger partial charge < -0.3 is 15.0 Å². The molecule has 7 nitrogen and oxygen atoms in total. The highest BCUT2D eigenvalue weighted by Gasteiger charge is 2.36. The number of ether oxygens (including phenoxy) is 1. The first-order valence-corrected chi connectivity index (χ1v) is 10.9. The molecule has 31 heavy (non-hydrogen) atoms. The zero-order valence-electron chi connectivity index (χ0n) is 16.7. The fourth-order valence-electron chi connectivity index (χ4n) is 5.09. The number of fused-ring (bicyclic) bond motifs is 5. The Kier molecular flexibility index (Phi) is 4.40. The van der Waals surface area contributed by atoms with Gasteiger partial charge in [0.2, 0.25) is 0 Å². The maximum Gasteiger partial charge on any atom is 0.258 e. The van der Waals surface area contributed by atoms with Crippen molar-refractivity contribution in [1.82, 2.24) is 24.8 Å². The van der Waals surface area contributed by atoms with E-state index in [1.165, 1.54) is 18.2 Å². The van der Waals surface area contributed by atoms with Gasteiger partial charge in [-0.05, 0) is 37.8 Å². The van der Waals surface area contributed by atoms with Gasteiger partial charge in [-0.1, -0.05) is 11.6 Å². The van der Waals surface area contributed by atoms with Crippen molar-refractivity contribution in [3.63, 3.8) is 0 Å². The van der Waals surface area contributed by atoms with Crippen molar-refractivity contribution >= 4 is 23.2 Å². The first-order valence-electron chi connectivity index (χ1n) is 10.6. The lowest BCUT2D eigenvalue weighted by Crippen LogP contribution is -2.42. The number of carbonyl (C=O) groups excluding carboxylic acids is 1. The summed E-state index contributed by atoms with van der Waals surface area (Å²) < 4.78 is 21.9. The van der Waals surface area contributed by atoms with Gasteiger partial charge in [0.1, 0.15) is 17.7 Å². The van der Waals surface area contributed by atoms with Gasteiger partial charge in [-0.3, -0.25) is 4.79 Å². The zero-order chi connectivity index (χ0) is 21.1. The van der Waals surface area contributed by atoms with E-state index in [4.69, 9.17) is 16.3 Å². The number of amides is 1. The zero-order valence-corrected chi connectivity index (χ0v) is 17.5. The molecule has 0 saturated carbocycles. The van der Waals surface area contributed by atoms with Crippen molar-refractivity contribution in [1.29, 1.82) is 0 Å². The second kappa shape index (κ2) is 7.17. The van der Waals surface area contributed by atoms with Gasteiger partial charge in [0.15, 0.2) is 5.65 Å². The first-order chi connectivity index (χ1) is 15.0. The molecule has 3 aromatic rings. The van der Waals surface area contributed by atoms with Crippen LogP contribution in [0.5, 0.6) is 5.75 Å². The van der Waals surface area contributed by atoms with Crippen molar-refractivity contribution in [3.8, 4) is 5.75 Å². The number of piperidine rings is 1. The van der Waals surface area contributed by atoms with Crippen LogP contribution in [-0.2, 0) is 13.1 Å². The van der Waals surface area contributed by atoms with E-state index in [0.717, 1.165) is 36.9 Å². The number of halogens is 2. The van der Waals surface area contributed by atoms with Crippen LogP contribution in [0, 0.1) is 5.82 Å². The summed E-state index contributed by atoms with van der Waals surface area (Å²) in [4.78, 5) is 19.4. The lowest BCUT2D eigenvalue weighted by molar-refractivity contribution is 0.0737. The van der Waals surface area contributed by atoms with Crippen LogP contribution in [0.15, 0.2) is 30.6 Å². The third kappa shape index (κ3) is 3.34. The van der Waals surface area contributed by atoms with Crippen LogP contribution < -0.4 is 10.1 Å². The summed E-state index contributed by atoms with van der Waals surface area (Å²) in [6.45, 7) is 0.754.